The Morgan fingerprint density at radius 1 is 1.14 bits per heavy atom. The van der Waals surface area contributed by atoms with E-state index in [9.17, 15) is 9.59 Å². The van der Waals surface area contributed by atoms with E-state index in [1.807, 2.05) is 41.8 Å². The third kappa shape index (κ3) is 3.84. The van der Waals surface area contributed by atoms with Gasteiger partial charge in [0.25, 0.3) is 0 Å². The van der Waals surface area contributed by atoms with Crippen molar-refractivity contribution in [3.63, 3.8) is 0 Å². The summed E-state index contributed by atoms with van der Waals surface area (Å²) in [4.78, 5) is 27.6. The van der Waals surface area contributed by atoms with Crippen molar-refractivity contribution in [3.05, 3.63) is 51.1 Å². The minimum atomic E-state index is -0.357. The van der Waals surface area contributed by atoms with Crippen LogP contribution in [0.5, 0.6) is 0 Å². The second-order valence-electron chi connectivity index (χ2n) is 8.39. The van der Waals surface area contributed by atoms with Gasteiger partial charge in [-0.25, -0.2) is 0 Å². The molecular formula is C23H27ClN2O3. The van der Waals surface area contributed by atoms with Gasteiger partial charge in [0.05, 0.1) is 28.4 Å². The number of hydrogen-bond donors (Lipinski definition) is 0. The van der Waals surface area contributed by atoms with Crippen LogP contribution in [0.1, 0.15) is 33.3 Å². The van der Waals surface area contributed by atoms with Crippen molar-refractivity contribution < 1.29 is 9.53 Å². The SMILES string of the molecule is CCOC(=O)Cn1c2cc(C(C)(C)C)ccc2c(=O)c2ccc(Cl)c(N(C)C)c21. The van der Waals surface area contributed by atoms with E-state index in [-0.39, 0.29) is 23.4 Å². The second kappa shape index (κ2) is 7.71. The number of carbonyl (C=O) groups is 1. The lowest BCUT2D eigenvalue weighted by molar-refractivity contribution is -0.143. The molecule has 1 aromatic heterocycles. The largest absolute Gasteiger partial charge is 0.465 e. The van der Waals surface area contributed by atoms with Crippen LogP contribution in [-0.4, -0.2) is 31.2 Å². The van der Waals surface area contributed by atoms with Crippen molar-refractivity contribution >= 4 is 45.1 Å². The zero-order valence-corrected chi connectivity index (χ0v) is 18.6. The van der Waals surface area contributed by atoms with Crippen LogP contribution in [0.3, 0.4) is 0 Å². The predicted octanol–water partition coefficient (Wildman–Crippen LogP) is 4.73. The fourth-order valence-electron chi connectivity index (χ4n) is 3.62. The van der Waals surface area contributed by atoms with E-state index in [0.717, 1.165) is 5.56 Å². The summed E-state index contributed by atoms with van der Waals surface area (Å²) < 4.78 is 7.08. The summed E-state index contributed by atoms with van der Waals surface area (Å²) in [6.07, 6.45) is 0. The Morgan fingerprint density at radius 2 is 1.79 bits per heavy atom. The van der Waals surface area contributed by atoms with E-state index in [2.05, 4.69) is 20.8 Å². The smallest absolute Gasteiger partial charge is 0.325 e. The number of carbonyl (C=O) groups excluding carboxylic acids is 1. The van der Waals surface area contributed by atoms with Crippen molar-refractivity contribution in [1.82, 2.24) is 4.57 Å². The normalized spacial score (nSPS) is 11.8. The molecule has 29 heavy (non-hydrogen) atoms. The average molecular weight is 415 g/mol. The number of ether oxygens (including phenoxy) is 1. The van der Waals surface area contributed by atoms with E-state index >= 15 is 0 Å². The maximum absolute atomic E-state index is 13.3. The van der Waals surface area contributed by atoms with E-state index < -0.39 is 0 Å². The molecular weight excluding hydrogens is 388 g/mol. The molecule has 0 bridgehead atoms. The first-order chi connectivity index (χ1) is 13.6. The number of anilines is 1. The number of hydrogen-bond acceptors (Lipinski definition) is 4. The molecule has 0 N–H and O–H groups in total. The topological polar surface area (TPSA) is 51.5 Å². The van der Waals surface area contributed by atoms with Gasteiger partial charge >= 0.3 is 5.97 Å². The first kappa shape index (κ1) is 21.2. The van der Waals surface area contributed by atoms with E-state index in [1.54, 1.807) is 19.1 Å². The summed E-state index contributed by atoms with van der Waals surface area (Å²) in [6.45, 7) is 8.42. The highest BCUT2D eigenvalue weighted by atomic mass is 35.5. The molecule has 0 aliphatic rings. The van der Waals surface area contributed by atoms with Crippen LogP contribution in [0, 0.1) is 0 Å². The van der Waals surface area contributed by atoms with Gasteiger partial charge in [0, 0.05) is 24.9 Å². The number of nitrogens with zero attached hydrogens (tertiary/aromatic N) is 2. The fraction of sp³-hybridized carbons (Fsp3) is 0.391. The molecule has 0 radical (unpaired) electrons. The molecule has 0 saturated carbocycles. The van der Waals surface area contributed by atoms with E-state index in [1.165, 1.54) is 0 Å². The maximum Gasteiger partial charge on any atom is 0.325 e. The molecule has 0 saturated heterocycles. The zero-order valence-electron chi connectivity index (χ0n) is 17.8. The van der Waals surface area contributed by atoms with Crippen molar-refractivity contribution in [2.24, 2.45) is 0 Å². The predicted molar refractivity (Wildman–Crippen MR) is 120 cm³/mol. The molecule has 5 nitrogen and oxygen atoms in total. The molecule has 154 valence electrons. The second-order valence-corrected chi connectivity index (χ2v) is 8.80. The quantitative estimate of drug-likeness (QED) is 0.457. The third-order valence-corrected chi connectivity index (χ3v) is 5.36. The lowest BCUT2D eigenvalue weighted by Crippen LogP contribution is -2.21. The minimum absolute atomic E-state index is 0.00407. The van der Waals surface area contributed by atoms with Crippen LogP contribution in [0.4, 0.5) is 5.69 Å². The lowest BCUT2D eigenvalue weighted by Gasteiger charge is -2.24. The number of rotatable bonds is 4. The van der Waals surface area contributed by atoms with Gasteiger partial charge in [-0.2, -0.15) is 0 Å². The van der Waals surface area contributed by atoms with Crippen LogP contribution in [0.2, 0.25) is 5.02 Å². The van der Waals surface area contributed by atoms with Crippen LogP contribution < -0.4 is 10.3 Å². The van der Waals surface area contributed by atoms with Crippen molar-refractivity contribution in [2.75, 3.05) is 25.6 Å². The monoisotopic (exact) mass is 414 g/mol. The minimum Gasteiger partial charge on any atom is -0.465 e. The highest BCUT2D eigenvalue weighted by Crippen LogP contribution is 2.35. The fourth-order valence-corrected chi connectivity index (χ4v) is 3.94. The number of halogens is 1. The zero-order chi connectivity index (χ0) is 21.5. The average Bonchev–Trinajstić information content (AvgIpc) is 2.63. The molecule has 0 spiro atoms. The molecule has 2 aromatic carbocycles. The summed E-state index contributed by atoms with van der Waals surface area (Å²) in [6, 6.07) is 9.28. The van der Waals surface area contributed by atoms with Gasteiger partial charge in [-0.05, 0) is 42.2 Å². The summed E-state index contributed by atoms with van der Waals surface area (Å²) >= 11 is 6.50. The van der Waals surface area contributed by atoms with Gasteiger partial charge in [0.15, 0.2) is 5.43 Å². The van der Waals surface area contributed by atoms with Gasteiger partial charge in [-0.3, -0.25) is 9.59 Å². The summed E-state index contributed by atoms with van der Waals surface area (Å²) in [7, 11) is 3.74. The maximum atomic E-state index is 13.3. The Kier molecular flexibility index (Phi) is 5.63. The third-order valence-electron chi connectivity index (χ3n) is 5.06. The van der Waals surface area contributed by atoms with Crippen LogP contribution in [-0.2, 0) is 21.5 Å². The summed E-state index contributed by atoms with van der Waals surface area (Å²) in [5, 5.41) is 1.62. The van der Waals surface area contributed by atoms with Gasteiger partial charge in [0.1, 0.15) is 6.54 Å². The molecule has 0 amide bonds. The number of pyridine rings is 1. The van der Waals surface area contributed by atoms with E-state index in [0.29, 0.717) is 39.1 Å². The van der Waals surface area contributed by atoms with Gasteiger partial charge in [0.2, 0.25) is 0 Å². The highest BCUT2D eigenvalue weighted by Gasteiger charge is 2.21. The van der Waals surface area contributed by atoms with Crippen molar-refractivity contribution in [1.29, 1.82) is 0 Å². The highest BCUT2D eigenvalue weighted by molar-refractivity contribution is 6.35. The van der Waals surface area contributed by atoms with Gasteiger partial charge < -0.3 is 14.2 Å². The number of esters is 1. The van der Waals surface area contributed by atoms with Crippen LogP contribution in [0.15, 0.2) is 35.1 Å². The molecule has 0 aliphatic carbocycles. The first-order valence-corrected chi connectivity index (χ1v) is 10.1. The molecule has 6 heteroatoms. The first-order valence-electron chi connectivity index (χ1n) is 9.68. The molecule has 0 unspecified atom stereocenters. The van der Waals surface area contributed by atoms with E-state index in [4.69, 9.17) is 16.3 Å². The van der Waals surface area contributed by atoms with Crippen LogP contribution >= 0.6 is 11.6 Å². The molecule has 0 fully saturated rings. The van der Waals surface area contributed by atoms with Crippen LogP contribution in [0.25, 0.3) is 21.8 Å². The molecule has 3 aromatic rings. The van der Waals surface area contributed by atoms with Crippen molar-refractivity contribution in [2.45, 2.75) is 39.7 Å². The van der Waals surface area contributed by atoms with Gasteiger partial charge in [-0.15, -0.1) is 0 Å². The Bertz CT molecular complexity index is 1160. The Labute approximate surface area is 175 Å². The number of fused-ring (bicyclic) bond motifs is 2. The molecule has 3 rings (SSSR count). The molecule has 1 heterocycles. The summed E-state index contributed by atoms with van der Waals surface area (Å²) in [5.41, 5.74) is 2.94. The standard InChI is InChI=1S/C23H27ClN2O3/c1-7-29-19(27)13-26-18-12-14(23(2,3)4)8-9-15(18)22(28)16-10-11-17(24)21(20(16)26)25(5)6/h8-12H,7,13H2,1-6H3. The number of aromatic nitrogens is 1. The van der Waals surface area contributed by atoms with Gasteiger partial charge in [-0.1, -0.05) is 38.4 Å². The summed E-state index contributed by atoms with van der Waals surface area (Å²) in [5.74, 6) is -0.357. The lowest BCUT2D eigenvalue weighted by atomic mass is 9.86. The van der Waals surface area contributed by atoms with Crippen molar-refractivity contribution in [3.8, 4) is 0 Å². The number of benzene rings is 2. The Morgan fingerprint density at radius 3 is 2.38 bits per heavy atom. The molecule has 0 atom stereocenters. The Hall–Kier alpha value is -2.53. The Balaban J connectivity index is 2.53. The molecule has 0 aliphatic heterocycles.